The Hall–Kier alpha value is -1.86. The van der Waals surface area contributed by atoms with Gasteiger partial charge in [-0.05, 0) is 56.8 Å². The molecule has 1 aliphatic heterocycles. The molecule has 0 saturated carbocycles. The first kappa shape index (κ1) is 14.5. The van der Waals surface area contributed by atoms with Gasteiger partial charge in [0.1, 0.15) is 6.07 Å². The van der Waals surface area contributed by atoms with Gasteiger partial charge in [-0.15, -0.1) is 0 Å². The monoisotopic (exact) mass is 271 g/mol. The molecule has 4 nitrogen and oxygen atoms in total. The molecule has 1 fully saturated rings. The van der Waals surface area contributed by atoms with Crippen molar-refractivity contribution in [2.45, 2.75) is 32.6 Å². The topological polar surface area (TPSA) is 64.9 Å². The minimum atomic E-state index is -0.00215. The van der Waals surface area contributed by atoms with Gasteiger partial charge in [-0.2, -0.15) is 5.26 Å². The largest absolute Gasteiger partial charge is 0.325 e. The molecule has 0 aliphatic carbocycles. The normalized spacial score (nSPS) is 18.3. The number of nitrogens with zero attached hydrogens (tertiary/aromatic N) is 1. The molecule has 106 valence electrons. The van der Waals surface area contributed by atoms with Crippen LogP contribution in [0.3, 0.4) is 0 Å². The van der Waals surface area contributed by atoms with Crippen LogP contribution in [0.1, 0.15) is 36.8 Å². The van der Waals surface area contributed by atoms with E-state index in [-0.39, 0.29) is 5.91 Å². The molecule has 1 aliphatic rings. The van der Waals surface area contributed by atoms with E-state index in [9.17, 15) is 4.79 Å². The lowest BCUT2D eigenvalue weighted by Gasteiger charge is -2.22. The van der Waals surface area contributed by atoms with E-state index in [1.54, 1.807) is 6.07 Å². The van der Waals surface area contributed by atoms with E-state index in [1.807, 2.05) is 19.1 Å². The van der Waals surface area contributed by atoms with Crippen LogP contribution >= 0.6 is 0 Å². The van der Waals surface area contributed by atoms with Gasteiger partial charge in [-0.25, -0.2) is 0 Å². The summed E-state index contributed by atoms with van der Waals surface area (Å²) < 4.78 is 0. The Morgan fingerprint density at radius 2 is 2.40 bits per heavy atom. The first-order valence-corrected chi connectivity index (χ1v) is 7.21. The molecule has 1 heterocycles. The molecule has 0 bridgehead atoms. The second-order valence-corrected chi connectivity index (χ2v) is 5.41. The number of hydrogen-bond acceptors (Lipinski definition) is 3. The fourth-order valence-electron chi connectivity index (χ4n) is 2.64. The predicted molar refractivity (Wildman–Crippen MR) is 79.4 cm³/mol. The number of hydrogen-bond donors (Lipinski definition) is 2. The van der Waals surface area contributed by atoms with E-state index in [1.165, 1.54) is 12.8 Å². The van der Waals surface area contributed by atoms with Crippen molar-refractivity contribution in [3.63, 3.8) is 0 Å². The number of carbonyl (C=O) groups is 1. The fourth-order valence-corrected chi connectivity index (χ4v) is 2.64. The molecule has 1 atom stereocenters. The van der Waals surface area contributed by atoms with Gasteiger partial charge < -0.3 is 10.6 Å². The molecule has 1 saturated heterocycles. The summed E-state index contributed by atoms with van der Waals surface area (Å²) in [6, 6.07) is 7.67. The minimum absolute atomic E-state index is 0.00215. The quantitative estimate of drug-likeness (QED) is 0.884. The molecule has 0 aromatic heterocycles. The summed E-state index contributed by atoms with van der Waals surface area (Å²) in [5.41, 5.74) is 2.07. The Morgan fingerprint density at radius 3 is 3.10 bits per heavy atom. The number of nitrogens with one attached hydrogen (secondary N) is 2. The van der Waals surface area contributed by atoms with Crippen molar-refractivity contribution in [3.05, 3.63) is 29.3 Å². The van der Waals surface area contributed by atoms with E-state index in [4.69, 9.17) is 5.26 Å². The zero-order valence-electron chi connectivity index (χ0n) is 11.9. The standard InChI is InChI=1S/C16H21N3O/c1-12-4-2-6-15(14(12)10-17)19-16(20)8-7-13-5-3-9-18-11-13/h2,4,6,13,18H,3,5,7-9,11H2,1H3,(H,19,20). The Balaban J connectivity index is 1.88. The summed E-state index contributed by atoms with van der Waals surface area (Å²) in [5, 5.41) is 15.4. The number of rotatable bonds is 4. The van der Waals surface area contributed by atoms with Gasteiger partial charge in [0, 0.05) is 6.42 Å². The van der Waals surface area contributed by atoms with Gasteiger partial charge in [-0.1, -0.05) is 12.1 Å². The molecular weight excluding hydrogens is 250 g/mol. The highest BCUT2D eigenvalue weighted by atomic mass is 16.1. The number of nitriles is 1. The summed E-state index contributed by atoms with van der Waals surface area (Å²) in [4.78, 5) is 12.0. The smallest absolute Gasteiger partial charge is 0.224 e. The summed E-state index contributed by atoms with van der Waals surface area (Å²) in [5.74, 6) is 0.597. The number of piperidine rings is 1. The van der Waals surface area contributed by atoms with Crippen molar-refractivity contribution in [3.8, 4) is 6.07 Å². The SMILES string of the molecule is Cc1cccc(NC(=O)CCC2CCCNC2)c1C#N. The lowest BCUT2D eigenvalue weighted by Crippen LogP contribution is -2.30. The molecule has 0 radical (unpaired) electrons. The zero-order valence-corrected chi connectivity index (χ0v) is 11.9. The summed E-state index contributed by atoms with van der Waals surface area (Å²) >= 11 is 0. The third-order valence-corrected chi connectivity index (χ3v) is 3.84. The van der Waals surface area contributed by atoms with Crippen molar-refractivity contribution >= 4 is 11.6 Å². The third kappa shape index (κ3) is 3.82. The third-order valence-electron chi connectivity index (χ3n) is 3.84. The van der Waals surface area contributed by atoms with Gasteiger partial charge in [0.25, 0.3) is 0 Å². The Bertz CT molecular complexity index is 513. The molecule has 0 spiro atoms. The lowest BCUT2D eigenvalue weighted by molar-refractivity contribution is -0.116. The van der Waals surface area contributed by atoms with Gasteiger partial charge in [0.2, 0.25) is 5.91 Å². The average molecular weight is 271 g/mol. The molecule has 1 unspecified atom stereocenters. The van der Waals surface area contributed by atoms with Crippen molar-refractivity contribution in [1.82, 2.24) is 5.32 Å². The highest BCUT2D eigenvalue weighted by Gasteiger charge is 2.15. The van der Waals surface area contributed by atoms with Crippen LogP contribution in [0.25, 0.3) is 0 Å². The van der Waals surface area contributed by atoms with Gasteiger partial charge in [-0.3, -0.25) is 4.79 Å². The number of amides is 1. The van der Waals surface area contributed by atoms with Gasteiger partial charge in [0.15, 0.2) is 0 Å². The van der Waals surface area contributed by atoms with Crippen LogP contribution < -0.4 is 10.6 Å². The molecule has 2 rings (SSSR count). The molecule has 4 heteroatoms. The number of aryl methyl sites for hydroxylation is 1. The van der Waals surface area contributed by atoms with E-state index in [0.29, 0.717) is 23.6 Å². The van der Waals surface area contributed by atoms with Crippen molar-refractivity contribution in [2.75, 3.05) is 18.4 Å². The van der Waals surface area contributed by atoms with Gasteiger partial charge in [0.05, 0.1) is 11.3 Å². The second-order valence-electron chi connectivity index (χ2n) is 5.41. The first-order chi connectivity index (χ1) is 9.70. The maximum atomic E-state index is 12.0. The van der Waals surface area contributed by atoms with Crippen molar-refractivity contribution in [2.24, 2.45) is 5.92 Å². The van der Waals surface area contributed by atoms with E-state index in [2.05, 4.69) is 16.7 Å². The predicted octanol–water partition coefficient (Wildman–Crippen LogP) is 2.58. The highest BCUT2D eigenvalue weighted by molar-refractivity contribution is 5.92. The van der Waals surface area contributed by atoms with E-state index >= 15 is 0 Å². The van der Waals surface area contributed by atoms with Crippen LogP contribution in [0.2, 0.25) is 0 Å². The summed E-state index contributed by atoms with van der Waals surface area (Å²) in [7, 11) is 0. The Labute approximate surface area is 120 Å². The average Bonchev–Trinajstić information content (AvgIpc) is 2.46. The van der Waals surface area contributed by atoms with Crippen LogP contribution in [-0.4, -0.2) is 19.0 Å². The fraction of sp³-hybridized carbons (Fsp3) is 0.500. The van der Waals surface area contributed by atoms with Crippen LogP contribution in [0, 0.1) is 24.2 Å². The van der Waals surface area contributed by atoms with E-state index in [0.717, 1.165) is 25.1 Å². The van der Waals surface area contributed by atoms with E-state index < -0.39 is 0 Å². The highest BCUT2D eigenvalue weighted by Crippen LogP contribution is 2.20. The number of anilines is 1. The maximum absolute atomic E-state index is 12.0. The van der Waals surface area contributed by atoms with Gasteiger partial charge >= 0.3 is 0 Å². The number of carbonyl (C=O) groups excluding carboxylic acids is 1. The molecule has 1 amide bonds. The van der Waals surface area contributed by atoms with Crippen LogP contribution in [-0.2, 0) is 4.79 Å². The molecule has 2 N–H and O–H groups in total. The summed E-state index contributed by atoms with van der Waals surface area (Å²) in [6.45, 7) is 3.99. The van der Waals surface area contributed by atoms with Crippen molar-refractivity contribution in [1.29, 1.82) is 5.26 Å². The lowest BCUT2D eigenvalue weighted by atomic mass is 9.94. The Kier molecular flexibility index (Phi) is 5.14. The molecular formula is C16H21N3O. The molecule has 1 aromatic carbocycles. The van der Waals surface area contributed by atoms with Crippen LogP contribution in [0.5, 0.6) is 0 Å². The molecule has 20 heavy (non-hydrogen) atoms. The number of benzene rings is 1. The maximum Gasteiger partial charge on any atom is 0.224 e. The summed E-state index contributed by atoms with van der Waals surface area (Å²) in [6.07, 6.45) is 3.83. The Morgan fingerprint density at radius 1 is 1.55 bits per heavy atom. The van der Waals surface area contributed by atoms with Crippen LogP contribution in [0.4, 0.5) is 5.69 Å². The zero-order chi connectivity index (χ0) is 14.4. The van der Waals surface area contributed by atoms with Crippen LogP contribution in [0.15, 0.2) is 18.2 Å². The first-order valence-electron chi connectivity index (χ1n) is 7.21. The second kappa shape index (κ2) is 7.06. The molecule has 1 aromatic rings. The van der Waals surface area contributed by atoms with Crippen molar-refractivity contribution < 1.29 is 4.79 Å². The minimum Gasteiger partial charge on any atom is -0.325 e.